The van der Waals surface area contributed by atoms with E-state index in [2.05, 4.69) is 5.32 Å². The average Bonchev–Trinajstić information content (AvgIpc) is 2.91. The van der Waals surface area contributed by atoms with Crippen molar-refractivity contribution in [3.63, 3.8) is 0 Å². The summed E-state index contributed by atoms with van der Waals surface area (Å²) in [4.78, 5) is 36.6. The lowest BCUT2D eigenvalue weighted by molar-refractivity contribution is -0.136. The third-order valence-electron chi connectivity index (χ3n) is 6.27. The number of hydrogen-bond donors (Lipinski definition) is 3. The molecule has 4 rings (SSSR count). The number of hydrogen-bond acceptors (Lipinski definition) is 6. The number of carboxylic acid groups (broad SMARTS) is 1. The molecule has 0 radical (unpaired) electrons. The normalized spacial score (nSPS) is 10.8. The molecule has 1 heterocycles. The third-order valence-corrected chi connectivity index (χ3v) is 6.27. The van der Waals surface area contributed by atoms with Gasteiger partial charge in [-0.3, -0.25) is 19.0 Å². The highest BCUT2D eigenvalue weighted by Crippen LogP contribution is 2.27. The number of halogens is 3. The summed E-state index contributed by atoms with van der Waals surface area (Å²) in [6.07, 6.45) is 0.285. The van der Waals surface area contributed by atoms with E-state index in [1.54, 1.807) is 24.3 Å². The van der Waals surface area contributed by atoms with Crippen molar-refractivity contribution >= 4 is 23.3 Å². The molecule has 212 valence electrons. The van der Waals surface area contributed by atoms with E-state index in [-0.39, 0.29) is 35.5 Å². The number of anilines is 2. The fraction of sp³-hybridized carbons (Fsp3) is 0.167. The molecule has 41 heavy (non-hydrogen) atoms. The predicted octanol–water partition coefficient (Wildman–Crippen LogP) is 4.88. The number of ether oxygens (including phenoxy) is 1. The summed E-state index contributed by atoms with van der Waals surface area (Å²) in [6, 6.07) is 14.5. The Morgan fingerprint density at radius 3 is 2.37 bits per heavy atom. The summed E-state index contributed by atoms with van der Waals surface area (Å²) in [5, 5.41) is 12.1. The number of nitrogens with zero attached hydrogens (tertiary/aromatic N) is 1. The van der Waals surface area contributed by atoms with Crippen molar-refractivity contribution in [1.82, 2.24) is 4.57 Å². The van der Waals surface area contributed by atoms with E-state index in [1.165, 1.54) is 19.1 Å². The maximum absolute atomic E-state index is 15.1. The van der Waals surface area contributed by atoms with Crippen molar-refractivity contribution < 1.29 is 32.6 Å². The van der Waals surface area contributed by atoms with Crippen LogP contribution < -0.4 is 21.3 Å². The highest BCUT2D eigenvalue weighted by molar-refractivity contribution is 6.11. The molecule has 4 N–H and O–H groups in total. The number of nitrogens with two attached hydrogens (primary N) is 1. The fourth-order valence-electron chi connectivity index (χ4n) is 4.25. The van der Waals surface area contributed by atoms with Crippen molar-refractivity contribution in [3.05, 3.63) is 117 Å². The molecule has 0 spiro atoms. The Morgan fingerprint density at radius 2 is 1.68 bits per heavy atom. The molecule has 0 saturated heterocycles. The van der Waals surface area contributed by atoms with E-state index in [9.17, 15) is 18.8 Å². The number of aliphatic carboxylic acids is 1. The van der Waals surface area contributed by atoms with Crippen LogP contribution in [-0.4, -0.2) is 34.6 Å². The first-order chi connectivity index (χ1) is 19.6. The molecular weight excluding hydrogens is 539 g/mol. The lowest BCUT2D eigenvalue weighted by Crippen LogP contribution is -2.25. The first-order valence-electron chi connectivity index (χ1n) is 12.5. The van der Waals surface area contributed by atoms with Gasteiger partial charge in [0.25, 0.3) is 5.56 Å². The quantitative estimate of drug-likeness (QED) is 0.175. The summed E-state index contributed by atoms with van der Waals surface area (Å²) in [6.45, 7) is 1.96. The molecule has 0 saturated carbocycles. The summed E-state index contributed by atoms with van der Waals surface area (Å²) in [5.41, 5.74) is 5.82. The minimum absolute atomic E-state index is 0.0789. The van der Waals surface area contributed by atoms with Gasteiger partial charge in [-0.25, -0.2) is 13.2 Å². The first kappa shape index (κ1) is 28.9. The molecule has 0 aliphatic rings. The second-order valence-corrected chi connectivity index (χ2v) is 9.19. The lowest BCUT2D eigenvalue weighted by Gasteiger charge is -2.16. The van der Waals surface area contributed by atoms with Crippen molar-refractivity contribution in [3.8, 4) is 11.4 Å². The van der Waals surface area contributed by atoms with Crippen LogP contribution in [0.3, 0.4) is 0 Å². The van der Waals surface area contributed by atoms with Crippen LogP contribution >= 0.6 is 0 Å². The smallest absolute Gasteiger partial charge is 0.307 e. The van der Waals surface area contributed by atoms with Crippen LogP contribution in [0.5, 0.6) is 5.75 Å². The molecule has 8 nitrogen and oxygen atoms in total. The predicted molar refractivity (Wildman–Crippen MR) is 147 cm³/mol. The number of aryl methyl sites for hydroxylation is 1. The molecule has 0 fully saturated rings. The Labute approximate surface area is 232 Å². The van der Waals surface area contributed by atoms with Gasteiger partial charge in [-0.15, -0.1) is 0 Å². The highest BCUT2D eigenvalue weighted by atomic mass is 19.1. The number of carbonyl (C=O) groups excluding carboxylic acids is 1. The van der Waals surface area contributed by atoms with Crippen LogP contribution in [0.4, 0.5) is 24.7 Å². The van der Waals surface area contributed by atoms with E-state index < -0.39 is 46.3 Å². The van der Waals surface area contributed by atoms with E-state index in [0.717, 1.165) is 30.3 Å². The van der Waals surface area contributed by atoms with Crippen LogP contribution in [0.2, 0.25) is 0 Å². The second-order valence-electron chi connectivity index (χ2n) is 9.19. The van der Waals surface area contributed by atoms with Gasteiger partial charge in [0.05, 0.1) is 18.6 Å². The van der Waals surface area contributed by atoms with Crippen molar-refractivity contribution in [2.75, 3.05) is 24.2 Å². The molecule has 0 aliphatic carbocycles. The minimum atomic E-state index is -1.14. The third kappa shape index (κ3) is 6.57. The number of ketones is 1. The number of rotatable bonds is 11. The van der Waals surface area contributed by atoms with Crippen LogP contribution in [0.1, 0.15) is 33.5 Å². The molecule has 3 aromatic carbocycles. The number of para-hydroxylation sites is 1. The molecule has 0 unspecified atom stereocenters. The summed E-state index contributed by atoms with van der Waals surface area (Å²) in [5.74, 6) is -5.02. The Hall–Kier alpha value is -5.06. The molecule has 0 aliphatic heterocycles. The Bertz CT molecular complexity index is 1660. The molecule has 1 aromatic heterocycles. The number of nitrogen functional groups attached to an aromatic ring is 1. The van der Waals surface area contributed by atoms with Crippen molar-refractivity contribution in [2.24, 2.45) is 0 Å². The van der Waals surface area contributed by atoms with Gasteiger partial charge in [0.2, 0.25) is 0 Å². The number of nitrogens with one attached hydrogen (secondary N) is 1. The van der Waals surface area contributed by atoms with Gasteiger partial charge in [0.15, 0.2) is 17.4 Å². The molecular formula is C30H26F3N3O5. The summed E-state index contributed by atoms with van der Waals surface area (Å²) >= 11 is 0. The van der Waals surface area contributed by atoms with Gasteiger partial charge in [0, 0.05) is 36.0 Å². The average molecular weight is 566 g/mol. The maximum atomic E-state index is 15.1. The topological polar surface area (TPSA) is 124 Å². The molecule has 4 aromatic rings. The van der Waals surface area contributed by atoms with Crippen LogP contribution in [0.15, 0.2) is 71.5 Å². The standard InChI is InChI=1S/C30H26F3N3O5/c1-17-13-19(7-9-22(17)31)29(40)21-8-10-26(37)36(30(21)34)28-23(32)15-20(16-24(28)33)41-12-4-11-35-25-6-3-2-5-18(25)14-27(38)39/h2-3,5-10,13,15-16,35H,4,11-12,14,34H2,1H3,(H,38,39). The van der Waals surface area contributed by atoms with E-state index in [1.807, 2.05) is 0 Å². The SMILES string of the molecule is Cc1cc(C(=O)c2ccc(=O)n(-c3c(F)cc(OCCCNc4ccccc4CC(=O)O)cc3F)c2N)ccc1F. The molecule has 0 bridgehead atoms. The van der Waals surface area contributed by atoms with Crippen molar-refractivity contribution in [2.45, 2.75) is 19.8 Å². The highest BCUT2D eigenvalue weighted by Gasteiger charge is 2.22. The van der Waals surface area contributed by atoms with Gasteiger partial charge in [0.1, 0.15) is 23.1 Å². The van der Waals surface area contributed by atoms with Crippen molar-refractivity contribution in [1.29, 1.82) is 0 Å². The minimum Gasteiger partial charge on any atom is -0.493 e. The van der Waals surface area contributed by atoms with E-state index in [0.29, 0.717) is 28.8 Å². The Balaban J connectivity index is 1.48. The number of aromatic nitrogens is 1. The fourth-order valence-corrected chi connectivity index (χ4v) is 4.25. The Kier molecular flexibility index (Phi) is 8.76. The monoisotopic (exact) mass is 565 g/mol. The van der Waals surface area contributed by atoms with Crippen LogP contribution in [0, 0.1) is 24.4 Å². The summed E-state index contributed by atoms with van der Waals surface area (Å²) < 4.78 is 50.0. The Morgan fingerprint density at radius 1 is 0.976 bits per heavy atom. The zero-order valence-corrected chi connectivity index (χ0v) is 21.9. The second kappa shape index (κ2) is 12.4. The number of carboxylic acids is 1. The van der Waals surface area contributed by atoms with Gasteiger partial charge in [-0.2, -0.15) is 0 Å². The molecule has 0 amide bonds. The molecule has 0 atom stereocenters. The maximum Gasteiger partial charge on any atom is 0.307 e. The zero-order valence-electron chi connectivity index (χ0n) is 21.9. The number of benzene rings is 3. The first-order valence-corrected chi connectivity index (χ1v) is 12.5. The van der Waals surface area contributed by atoms with Gasteiger partial charge < -0.3 is 20.9 Å². The number of carbonyl (C=O) groups is 2. The van der Waals surface area contributed by atoms with E-state index >= 15 is 8.78 Å². The van der Waals surface area contributed by atoms with E-state index in [4.69, 9.17) is 15.6 Å². The van der Waals surface area contributed by atoms with Gasteiger partial charge in [-0.05, 0) is 54.8 Å². The zero-order chi connectivity index (χ0) is 29.7. The lowest BCUT2D eigenvalue weighted by atomic mass is 10.0. The van der Waals surface area contributed by atoms with Crippen LogP contribution in [0.25, 0.3) is 5.69 Å². The summed E-state index contributed by atoms with van der Waals surface area (Å²) in [7, 11) is 0. The largest absolute Gasteiger partial charge is 0.493 e. The van der Waals surface area contributed by atoms with Gasteiger partial charge >= 0.3 is 5.97 Å². The van der Waals surface area contributed by atoms with Gasteiger partial charge in [-0.1, -0.05) is 18.2 Å². The van der Waals surface area contributed by atoms with Crippen LogP contribution in [-0.2, 0) is 11.2 Å². The number of pyridine rings is 1. The molecule has 11 heteroatoms.